The van der Waals surface area contributed by atoms with E-state index in [4.69, 9.17) is 11.8 Å². The summed E-state index contributed by atoms with van der Waals surface area (Å²) in [6, 6.07) is 0. The number of likely N-dealkylation sites (tertiary alicyclic amines) is 1. The monoisotopic (exact) mass is 224 g/mol. The van der Waals surface area contributed by atoms with Crippen LogP contribution in [0.2, 0.25) is 0 Å². The predicted molar refractivity (Wildman–Crippen MR) is 67.7 cm³/mol. The van der Waals surface area contributed by atoms with Gasteiger partial charge < -0.3 is 16.7 Å². The maximum absolute atomic E-state index is 6.25. The molecule has 0 bridgehead atoms. The molecule has 0 radical (unpaired) electrons. The highest BCUT2D eigenvalue weighted by Crippen LogP contribution is 2.13. The quantitative estimate of drug-likeness (QED) is 0.544. The Morgan fingerprint density at radius 1 is 1.19 bits per heavy atom. The van der Waals surface area contributed by atoms with E-state index in [1.807, 2.05) is 4.90 Å². The molecule has 1 fully saturated rings. The highest BCUT2D eigenvalue weighted by molar-refractivity contribution is 4.61. The van der Waals surface area contributed by atoms with E-state index in [1.54, 1.807) is 0 Å². The van der Waals surface area contributed by atoms with Crippen LogP contribution in [0.15, 0.2) is 0 Å². The van der Waals surface area contributed by atoms with Gasteiger partial charge in [0.1, 0.15) is 0 Å². The van der Waals surface area contributed by atoms with Crippen molar-refractivity contribution < 1.29 is 4.90 Å². The van der Waals surface area contributed by atoms with Gasteiger partial charge >= 0.3 is 0 Å². The molecule has 1 aliphatic rings. The molecule has 1 N–H and O–H groups in total. The summed E-state index contributed by atoms with van der Waals surface area (Å²) >= 11 is 0. The normalized spacial score (nSPS) is 24.5. The summed E-state index contributed by atoms with van der Waals surface area (Å²) in [5, 5.41) is 6.25. The molecule has 0 spiro atoms. The van der Waals surface area contributed by atoms with E-state index < -0.39 is 0 Å². The van der Waals surface area contributed by atoms with E-state index in [-0.39, 0.29) is 0 Å². The van der Waals surface area contributed by atoms with Crippen LogP contribution in [0.5, 0.6) is 0 Å². The molecule has 2 nitrogen and oxygen atoms in total. The van der Waals surface area contributed by atoms with Crippen LogP contribution < -0.4 is 4.90 Å². The lowest BCUT2D eigenvalue weighted by atomic mass is 9.93. The van der Waals surface area contributed by atoms with Crippen molar-refractivity contribution in [2.75, 3.05) is 19.6 Å². The number of nitrogens with zero attached hydrogens (tertiary/aromatic N) is 1. The minimum Gasteiger partial charge on any atom is -0.512 e. The Hall–Kier alpha value is -0.550. The van der Waals surface area contributed by atoms with Crippen LogP contribution in [0, 0.1) is 17.8 Å². The molecule has 0 aromatic rings. The summed E-state index contributed by atoms with van der Waals surface area (Å²) < 4.78 is 0. The molecule has 1 saturated heterocycles. The SMILES string of the molecule is CCCCC[NH+]1CCCC(CCC)C1.[C-]#N. The maximum Gasteiger partial charge on any atom is 0.0799 e. The highest BCUT2D eigenvalue weighted by atomic mass is 15.1. The Morgan fingerprint density at radius 2 is 1.94 bits per heavy atom. The van der Waals surface area contributed by atoms with Crippen LogP contribution in [0.1, 0.15) is 58.8 Å². The van der Waals surface area contributed by atoms with Crippen molar-refractivity contribution in [2.24, 2.45) is 5.92 Å². The largest absolute Gasteiger partial charge is 0.512 e. The molecule has 0 aliphatic carbocycles. The minimum absolute atomic E-state index is 1.05. The van der Waals surface area contributed by atoms with Crippen molar-refractivity contribution in [3.8, 4) is 0 Å². The van der Waals surface area contributed by atoms with E-state index in [0.717, 1.165) is 5.92 Å². The third kappa shape index (κ3) is 6.85. The Balaban J connectivity index is 0.00000106. The fourth-order valence-electron chi connectivity index (χ4n) is 2.76. The van der Waals surface area contributed by atoms with Crippen molar-refractivity contribution in [1.82, 2.24) is 0 Å². The van der Waals surface area contributed by atoms with Gasteiger partial charge in [-0.2, -0.15) is 0 Å². The second-order valence-electron chi connectivity index (χ2n) is 4.96. The average Bonchev–Trinajstić information content (AvgIpc) is 2.33. The van der Waals surface area contributed by atoms with Gasteiger partial charge in [0, 0.05) is 5.92 Å². The number of quaternary nitrogens is 1. The lowest BCUT2D eigenvalue weighted by molar-refractivity contribution is -0.909. The summed E-state index contributed by atoms with van der Waals surface area (Å²) in [7, 11) is 0. The van der Waals surface area contributed by atoms with Gasteiger partial charge in [0.15, 0.2) is 0 Å². The number of unbranched alkanes of at least 4 members (excludes halogenated alkanes) is 2. The summed E-state index contributed by atoms with van der Waals surface area (Å²) in [5.74, 6) is 1.05. The smallest absolute Gasteiger partial charge is 0.0799 e. The maximum atomic E-state index is 6.25. The number of hydrogen-bond donors (Lipinski definition) is 1. The average molecular weight is 224 g/mol. The van der Waals surface area contributed by atoms with Gasteiger partial charge in [-0.25, -0.2) is 0 Å². The number of piperidine rings is 1. The summed E-state index contributed by atoms with van der Waals surface area (Å²) in [5.41, 5.74) is 0. The van der Waals surface area contributed by atoms with E-state index in [2.05, 4.69) is 13.8 Å². The minimum atomic E-state index is 1.05. The first kappa shape index (κ1) is 15.4. The molecular formula is C14H28N2. The van der Waals surface area contributed by atoms with Crippen molar-refractivity contribution in [1.29, 1.82) is 5.26 Å². The summed E-state index contributed by atoms with van der Waals surface area (Å²) in [6.07, 6.45) is 10.1. The zero-order valence-electron chi connectivity index (χ0n) is 11.1. The van der Waals surface area contributed by atoms with Gasteiger partial charge in [-0.1, -0.05) is 26.7 Å². The summed E-state index contributed by atoms with van der Waals surface area (Å²) in [4.78, 5) is 1.89. The zero-order valence-corrected chi connectivity index (χ0v) is 11.1. The van der Waals surface area contributed by atoms with E-state index >= 15 is 0 Å². The van der Waals surface area contributed by atoms with Gasteiger partial charge in [-0.15, -0.1) is 0 Å². The Labute approximate surface area is 102 Å². The second-order valence-corrected chi connectivity index (χ2v) is 4.96. The third-order valence-corrected chi connectivity index (χ3v) is 3.55. The molecule has 94 valence electrons. The van der Waals surface area contributed by atoms with Crippen molar-refractivity contribution >= 4 is 0 Å². The van der Waals surface area contributed by atoms with Crippen LogP contribution in [-0.2, 0) is 0 Å². The van der Waals surface area contributed by atoms with Gasteiger partial charge in [-0.3, -0.25) is 0 Å². The fraction of sp³-hybridized carbons (Fsp3) is 0.929. The van der Waals surface area contributed by atoms with E-state index in [0.29, 0.717) is 0 Å². The van der Waals surface area contributed by atoms with Crippen molar-refractivity contribution in [3.63, 3.8) is 0 Å². The van der Waals surface area contributed by atoms with Crippen LogP contribution >= 0.6 is 0 Å². The topological polar surface area (TPSA) is 28.2 Å². The molecular weight excluding hydrogens is 196 g/mol. The van der Waals surface area contributed by atoms with E-state index in [1.165, 1.54) is 64.6 Å². The predicted octanol–water partition coefficient (Wildman–Crippen LogP) is 2.37. The lowest BCUT2D eigenvalue weighted by Gasteiger charge is -2.29. The number of nitrogens with one attached hydrogen (secondary N) is 1. The molecule has 1 rings (SSSR count). The molecule has 0 amide bonds. The standard InChI is InChI=1S/C13H27N.CN/c1-3-5-6-10-14-11-7-9-13(12-14)8-4-2;1-2/h13H,3-12H2,1-2H3;/q;-1/p+1. The van der Waals surface area contributed by atoms with Gasteiger partial charge in [0.05, 0.1) is 19.6 Å². The molecule has 1 aliphatic heterocycles. The fourth-order valence-corrected chi connectivity index (χ4v) is 2.76. The molecule has 2 unspecified atom stereocenters. The molecule has 2 atom stereocenters. The van der Waals surface area contributed by atoms with Gasteiger partial charge in [-0.05, 0) is 32.1 Å². The summed E-state index contributed by atoms with van der Waals surface area (Å²) in [6.45, 7) is 13.7. The molecule has 1 heterocycles. The van der Waals surface area contributed by atoms with Crippen LogP contribution in [0.4, 0.5) is 0 Å². The molecule has 0 aromatic heterocycles. The van der Waals surface area contributed by atoms with Crippen LogP contribution in [0.3, 0.4) is 0 Å². The first-order valence-corrected chi connectivity index (χ1v) is 6.92. The highest BCUT2D eigenvalue weighted by Gasteiger charge is 2.21. The Bertz CT molecular complexity index is 163. The number of hydrogen-bond acceptors (Lipinski definition) is 1. The van der Waals surface area contributed by atoms with Gasteiger partial charge in [0.25, 0.3) is 0 Å². The molecule has 0 aromatic carbocycles. The molecule has 2 heteroatoms. The van der Waals surface area contributed by atoms with E-state index in [9.17, 15) is 0 Å². The second kappa shape index (κ2) is 11.0. The van der Waals surface area contributed by atoms with Crippen molar-refractivity contribution in [3.05, 3.63) is 6.57 Å². The third-order valence-electron chi connectivity index (χ3n) is 3.55. The molecule has 16 heavy (non-hydrogen) atoms. The van der Waals surface area contributed by atoms with Crippen molar-refractivity contribution in [2.45, 2.75) is 58.8 Å². The zero-order chi connectivity index (χ0) is 12.2. The molecule has 0 saturated carbocycles. The first-order chi connectivity index (χ1) is 7.86. The lowest BCUT2D eigenvalue weighted by Crippen LogP contribution is -3.13. The number of rotatable bonds is 6. The van der Waals surface area contributed by atoms with Crippen LogP contribution in [-0.4, -0.2) is 19.6 Å². The van der Waals surface area contributed by atoms with Gasteiger partial charge in [0.2, 0.25) is 0 Å². The first-order valence-electron chi connectivity index (χ1n) is 6.92. The van der Waals surface area contributed by atoms with Crippen LogP contribution in [0.25, 0.3) is 0 Å². The Kier molecular flexibility index (Phi) is 10.6. The Morgan fingerprint density at radius 3 is 2.56 bits per heavy atom.